The number of allylic oxidation sites excluding steroid dienone is 1. The Kier molecular flexibility index (Phi) is 5.62. The Morgan fingerprint density at radius 1 is 1.42 bits per heavy atom. The smallest absolute Gasteiger partial charge is 0.410 e. The molecule has 1 aromatic carbocycles. The van der Waals surface area contributed by atoms with Crippen LogP contribution in [0.3, 0.4) is 0 Å². The first-order valence-corrected chi connectivity index (χ1v) is 7.78. The van der Waals surface area contributed by atoms with Gasteiger partial charge in [0.1, 0.15) is 12.6 Å². The monoisotopic (exact) mass is 333 g/mol. The van der Waals surface area contributed by atoms with Gasteiger partial charge in [0, 0.05) is 5.41 Å². The Labute approximate surface area is 141 Å². The summed E-state index contributed by atoms with van der Waals surface area (Å²) in [7, 11) is 1.26. The summed E-state index contributed by atoms with van der Waals surface area (Å²) in [6.45, 7) is 5.52. The Hall–Kier alpha value is -2.34. The molecule has 0 aromatic heterocycles. The van der Waals surface area contributed by atoms with Gasteiger partial charge in [0.2, 0.25) is 0 Å². The van der Waals surface area contributed by atoms with Crippen molar-refractivity contribution in [1.82, 2.24) is 4.90 Å². The van der Waals surface area contributed by atoms with E-state index < -0.39 is 29.6 Å². The van der Waals surface area contributed by atoms with Gasteiger partial charge in [0.15, 0.2) is 0 Å². The van der Waals surface area contributed by atoms with Gasteiger partial charge in [-0.1, -0.05) is 43.3 Å². The number of nitrogens with zero attached hydrogens (tertiary/aromatic N) is 1. The van der Waals surface area contributed by atoms with E-state index in [1.54, 1.807) is 13.0 Å². The molecule has 0 spiro atoms. The van der Waals surface area contributed by atoms with Gasteiger partial charge in [-0.15, -0.1) is 6.58 Å². The largest absolute Gasteiger partial charge is 0.467 e. The molecule has 1 N–H and O–H groups in total. The van der Waals surface area contributed by atoms with E-state index in [1.165, 1.54) is 12.0 Å². The fourth-order valence-corrected chi connectivity index (χ4v) is 3.09. The number of hydrogen-bond acceptors (Lipinski definition) is 5. The Bertz CT molecular complexity index is 603. The zero-order valence-electron chi connectivity index (χ0n) is 14.0. The number of ether oxygens (including phenoxy) is 2. The van der Waals surface area contributed by atoms with E-state index in [0.29, 0.717) is 6.42 Å². The highest BCUT2D eigenvalue weighted by atomic mass is 16.6. The third-order valence-corrected chi connectivity index (χ3v) is 4.52. The van der Waals surface area contributed by atoms with Crippen LogP contribution in [-0.2, 0) is 20.9 Å². The predicted molar refractivity (Wildman–Crippen MR) is 88.1 cm³/mol. The maximum atomic E-state index is 12.4. The summed E-state index contributed by atoms with van der Waals surface area (Å²) in [5.74, 6) is -0.576. The molecule has 1 fully saturated rings. The number of β-amino-alcohol motifs (C(OH)–C–C–N with tert-alkyl or cyclic N) is 1. The van der Waals surface area contributed by atoms with Crippen molar-refractivity contribution < 1.29 is 24.2 Å². The molecule has 1 saturated heterocycles. The molecule has 1 aliphatic heterocycles. The van der Waals surface area contributed by atoms with Crippen LogP contribution in [0.15, 0.2) is 43.0 Å². The van der Waals surface area contributed by atoms with Crippen molar-refractivity contribution in [2.45, 2.75) is 32.1 Å². The lowest BCUT2D eigenvalue weighted by Crippen LogP contribution is -2.48. The molecule has 130 valence electrons. The van der Waals surface area contributed by atoms with Gasteiger partial charge in [-0.05, 0) is 12.0 Å². The summed E-state index contributed by atoms with van der Waals surface area (Å²) in [6, 6.07) is 8.33. The van der Waals surface area contributed by atoms with E-state index in [2.05, 4.69) is 6.58 Å². The minimum Gasteiger partial charge on any atom is -0.467 e. The van der Waals surface area contributed by atoms with Crippen LogP contribution in [0.25, 0.3) is 0 Å². The number of likely N-dealkylation sites (tertiary alicyclic amines) is 1. The first-order valence-electron chi connectivity index (χ1n) is 7.78. The van der Waals surface area contributed by atoms with E-state index in [0.717, 1.165) is 5.56 Å². The van der Waals surface area contributed by atoms with Crippen LogP contribution in [0.1, 0.15) is 18.9 Å². The van der Waals surface area contributed by atoms with Crippen LogP contribution in [-0.4, -0.2) is 47.9 Å². The van der Waals surface area contributed by atoms with Gasteiger partial charge in [-0.3, -0.25) is 4.90 Å². The number of carbonyl (C=O) groups is 2. The second kappa shape index (κ2) is 7.49. The maximum Gasteiger partial charge on any atom is 0.410 e. The molecule has 1 aromatic rings. The van der Waals surface area contributed by atoms with E-state index in [4.69, 9.17) is 9.47 Å². The second-order valence-corrected chi connectivity index (χ2v) is 6.13. The number of rotatable bonds is 5. The lowest BCUT2D eigenvalue weighted by molar-refractivity contribution is -0.149. The van der Waals surface area contributed by atoms with Gasteiger partial charge in [-0.2, -0.15) is 0 Å². The van der Waals surface area contributed by atoms with Gasteiger partial charge in [0.05, 0.1) is 19.8 Å². The number of hydrogen-bond donors (Lipinski definition) is 1. The van der Waals surface area contributed by atoms with Crippen molar-refractivity contribution in [3.63, 3.8) is 0 Å². The number of esters is 1. The molecule has 6 heteroatoms. The molecule has 1 unspecified atom stereocenters. The summed E-state index contributed by atoms with van der Waals surface area (Å²) in [5.41, 5.74) is -0.0188. The normalized spacial score (nSPS) is 26.0. The number of methoxy groups -OCH3 is 1. The Morgan fingerprint density at radius 2 is 2.08 bits per heavy atom. The number of benzene rings is 1. The number of aliphatic hydroxyl groups is 1. The Balaban J connectivity index is 2.16. The highest BCUT2D eigenvalue weighted by Crippen LogP contribution is 2.41. The number of amides is 1. The van der Waals surface area contributed by atoms with Crippen molar-refractivity contribution in [1.29, 1.82) is 0 Å². The van der Waals surface area contributed by atoms with Crippen molar-refractivity contribution in [2.24, 2.45) is 5.41 Å². The summed E-state index contributed by atoms with van der Waals surface area (Å²) >= 11 is 0. The molecular weight excluding hydrogens is 310 g/mol. The van der Waals surface area contributed by atoms with Crippen LogP contribution in [0.5, 0.6) is 0 Å². The van der Waals surface area contributed by atoms with Gasteiger partial charge < -0.3 is 14.6 Å². The lowest BCUT2D eigenvalue weighted by Gasteiger charge is -2.33. The van der Waals surface area contributed by atoms with Crippen LogP contribution in [0.2, 0.25) is 0 Å². The summed E-state index contributed by atoms with van der Waals surface area (Å²) in [5, 5.41) is 10.4. The third-order valence-electron chi connectivity index (χ3n) is 4.52. The quantitative estimate of drug-likeness (QED) is 0.660. The van der Waals surface area contributed by atoms with Crippen LogP contribution < -0.4 is 0 Å². The van der Waals surface area contributed by atoms with E-state index in [1.807, 2.05) is 30.3 Å². The van der Waals surface area contributed by atoms with Crippen molar-refractivity contribution >= 4 is 12.1 Å². The van der Waals surface area contributed by atoms with Crippen molar-refractivity contribution in [3.8, 4) is 0 Å². The van der Waals surface area contributed by atoms with Crippen molar-refractivity contribution in [2.75, 3.05) is 13.7 Å². The minimum atomic E-state index is -0.918. The minimum absolute atomic E-state index is 0.0116. The zero-order chi connectivity index (χ0) is 17.7. The molecule has 1 heterocycles. The van der Waals surface area contributed by atoms with E-state index >= 15 is 0 Å². The molecule has 1 amide bonds. The molecule has 0 radical (unpaired) electrons. The topological polar surface area (TPSA) is 76.1 Å². The van der Waals surface area contributed by atoms with E-state index in [-0.39, 0.29) is 13.2 Å². The van der Waals surface area contributed by atoms with Crippen LogP contribution in [0.4, 0.5) is 4.79 Å². The first-order chi connectivity index (χ1) is 11.4. The average molecular weight is 333 g/mol. The second-order valence-electron chi connectivity index (χ2n) is 6.13. The fraction of sp³-hybridized carbons (Fsp3) is 0.444. The summed E-state index contributed by atoms with van der Waals surface area (Å²) in [4.78, 5) is 25.9. The van der Waals surface area contributed by atoms with E-state index in [9.17, 15) is 14.7 Å². The first kappa shape index (κ1) is 18.0. The van der Waals surface area contributed by atoms with Gasteiger partial charge >= 0.3 is 12.1 Å². The fourth-order valence-electron chi connectivity index (χ4n) is 3.09. The summed E-state index contributed by atoms with van der Waals surface area (Å²) < 4.78 is 10.1. The molecule has 24 heavy (non-hydrogen) atoms. The van der Waals surface area contributed by atoms with Gasteiger partial charge in [0.25, 0.3) is 0 Å². The predicted octanol–water partition coefficient (Wildman–Crippen LogP) is 2.12. The molecule has 0 bridgehead atoms. The van der Waals surface area contributed by atoms with Crippen LogP contribution in [0, 0.1) is 5.41 Å². The summed E-state index contributed by atoms with van der Waals surface area (Å²) in [6.07, 6.45) is 0.471. The molecule has 3 atom stereocenters. The molecule has 6 nitrogen and oxygen atoms in total. The number of aliphatic hydroxyl groups excluding tert-OH is 1. The molecule has 0 aliphatic carbocycles. The lowest BCUT2D eigenvalue weighted by atomic mass is 9.77. The number of carbonyl (C=O) groups excluding carboxylic acids is 2. The highest BCUT2D eigenvalue weighted by molar-refractivity contribution is 5.83. The average Bonchev–Trinajstić information content (AvgIpc) is 2.85. The van der Waals surface area contributed by atoms with Gasteiger partial charge in [-0.25, -0.2) is 9.59 Å². The standard InChI is InChI=1S/C18H23NO5/c1-4-10-18(2)14(20)11-19(15(18)16(21)23-3)17(22)24-12-13-8-6-5-7-9-13/h4-9,14-15,20H,1,10-12H2,2-3H3/t14?,15-,18-/m1/s1. The molecule has 1 aliphatic rings. The molecular formula is C18H23NO5. The molecule has 0 saturated carbocycles. The van der Waals surface area contributed by atoms with Crippen molar-refractivity contribution in [3.05, 3.63) is 48.6 Å². The van der Waals surface area contributed by atoms with Crippen LogP contribution >= 0.6 is 0 Å². The maximum absolute atomic E-state index is 12.4. The zero-order valence-corrected chi connectivity index (χ0v) is 14.0. The third kappa shape index (κ3) is 3.43. The molecule has 2 rings (SSSR count). The Morgan fingerprint density at radius 3 is 2.67 bits per heavy atom. The SMILES string of the molecule is C=CC[C@]1(C)C(O)CN(C(=O)OCc2ccccc2)[C@@H]1C(=O)OC. The highest BCUT2D eigenvalue weighted by Gasteiger charge is 2.56.